The summed E-state index contributed by atoms with van der Waals surface area (Å²) < 4.78 is 13.2. The molecule has 5 nitrogen and oxygen atoms in total. The first-order valence-electron chi connectivity index (χ1n) is 5.25. The first-order valence-corrected chi connectivity index (χ1v) is 5.63. The van der Waals surface area contributed by atoms with Crippen molar-refractivity contribution in [1.82, 2.24) is 4.90 Å². The minimum Gasteiger partial charge on any atom is -0.475 e. The van der Waals surface area contributed by atoms with Crippen molar-refractivity contribution in [3.8, 4) is 0 Å². The molecule has 1 aromatic carbocycles. The zero-order valence-corrected chi connectivity index (χ0v) is 10.8. The van der Waals surface area contributed by atoms with Crippen LogP contribution in [0.3, 0.4) is 0 Å². The third-order valence-corrected chi connectivity index (χ3v) is 2.69. The number of hydrogen-bond donors (Lipinski definition) is 1. The Morgan fingerprint density at radius 2 is 2.00 bits per heavy atom. The molecule has 0 aliphatic rings. The van der Waals surface area contributed by atoms with E-state index in [0.717, 1.165) is 4.90 Å². The number of ketones is 1. The fourth-order valence-electron chi connectivity index (χ4n) is 1.35. The van der Waals surface area contributed by atoms with Gasteiger partial charge in [-0.15, -0.1) is 0 Å². The highest BCUT2D eigenvalue weighted by Gasteiger charge is 2.19. The van der Waals surface area contributed by atoms with Crippen LogP contribution in [0.25, 0.3) is 0 Å². The zero-order valence-electron chi connectivity index (χ0n) is 10.0. The van der Waals surface area contributed by atoms with Crippen LogP contribution < -0.4 is 0 Å². The monoisotopic (exact) mass is 287 g/mol. The molecule has 1 rings (SSSR count). The number of carbonyl (C=O) groups is 3. The summed E-state index contributed by atoms with van der Waals surface area (Å²) in [7, 11) is 1.39. The number of hydrogen-bond acceptors (Lipinski definition) is 3. The van der Waals surface area contributed by atoms with Crippen molar-refractivity contribution < 1.29 is 23.9 Å². The molecule has 1 amide bonds. The Labute approximate surface area is 113 Å². The molecular weight excluding hydrogens is 277 g/mol. The van der Waals surface area contributed by atoms with Crippen molar-refractivity contribution in [2.45, 2.75) is 13.0 Å². The van der Waals surface area contributed by atoms with E-state index in [1.165, 1.54) is 25.2 Å². The van der Waals surface area contributed by atoms with E-state index in [1.807, 2.05) is 0 Å². The molecule has 0 radical (unpaired) electrons. The van der Waals surface area contributed by atoms with Crippen LogP contribution in [-0.2, 0) is 20.9 Å². The van der Waals surface area contributed by atoms with E-state index in [1.54, 1.807) is 0 Å². The second kappa shape index (κ2) is 6.29. The maximum atomic E-state index is 13.2. The van der Waals surface area contributed by atoms with Gasteiger partial charge in [-0.25, -0.2) is 9.18 Å². The predicted octanol–water partition coefficient (Wildman–Crippen LogP) is 1.48. The molecule has 0 heterocycles. The molecule has 0 spiro atoms. The number of halogens is 2. The van der Waals surface area contributed by atoms with Gasteiger partial charge in [0.05, 0.1) is 11.4 Å². The van der Waals surface area contributed by atoms with Gasteiger partial charge in [0.25, 0.3) is 0 Å². The van der Waals surface area contributed by atoms with Crippen molar-refractivity contribution in [3.63, 3.8) is 0 Å². The highest BCUT2D eigenvalue weighted by molar-refractivity contribution is 6.36. The molecular formula is C12H11ClFNO4. The first kappa shape index (κ1) is 15.1. The average Bonchev–Trinajstić information content (AvgIpc) is 2.33. The Morgan fingerprint density at radius 3 is 2.53 bits per heavy atom. The lowest BCUT2D eigenvalue weighted by Gasteiger charge is -2.16. The van der Waals surface area contributed by atoms with Crippen LogP contribution in [0, 0.1) is 5.82 Å². The highest BCUT2D eigenvalue weighted by atomic mass is 35.5. The quantitative estimate of drug-likeness (QED) is 0.657. The van der Waals surface area contributed by atoms with Gasteiger partial charge in [0.1, 0.15) is 5.82 Å². The number of carbonyl (C=O) groups excluding carboxylic acids is 2. The zero-order chi connectivity index (χ0) is 14.6. The summed E-state index contributed by atoms with van der Waals surface area (Å²) in [6.07, 6.45) is -0.720. The number of carboxylic acids is 1. The standard InChI is InChI=1S/C12H11ClFNO4/c1-15(11(17)5-10(16)12(18)19)6-7-2-3-8(13)9(14)4-7/h2-4H,5-6H2,1H3,(H,18,19). The second-order valence-electron chi connectivity index (χ2n) is 3.90. The number of benzene rings is 1. The van der Waals surface area contributed by atoms with E-state index in [2.05, 4.69) is 0 Å². The van der Waals surface area contributed by atoms with Crippen molar-refractivity contribution in [1.29, 1.82) is 0 Å². The Balaban J connectivity index is 2.66. The molecule has 0 atom stereocenters. The van der Waals surface area contributed by atoms with Gasteiger partial charge in [0.2, 0.25) is 11.7 Å². The largest absolute Gasteiger partial charge is 0.475 e. The topological polar surface area (TPSA) is 74.7 Å². The Bertz CT molecular complexity index is 532. The molecule has 1 N–H and O–H groups in total. The van der Waals surface area contributed by atoms with E-state index >= 15 is 0 Å². The van der Waals surface area contributed by atoms with Crippen LogP contribution in [0.2, 0.25) is 5.02 Å². The molecule has 0 aliphatic heterocycles. The summed E-state index contributed by atoms with van der Waals surface area (Å²) in [5, 5.41) is 8.36. The van der Waals surface area contributed by atoms with Crippen molar-refractivity contribution in [2.24, 2.45) is 0 Å². The van der Waals surface area contributed by atoms with E-state index in [-0.39, 0.29) is 11.6 Å². The molecule has 102 valence electrons. The van der Waals surface area contributed by atoms with Crippen LogP contribution in [0.15, 0.2) is 18.2 Å². The summed E-state index contributed by atoms with van der Waals surface area (Å²) in [4.78, 5) is 33.9. The Kier molecular flexibility index (Phi) is 5.00. The van der Waals surface area contributed by atoms with Crippen LogP contribution in [0.1, 0.15) is 12.0 Å². The van der Waals surface area contributed by atoms with E-state index < -0.39 is 29.9 Å². The summed E-state index contributed by atoms with van der Waals surface area (Å²) in [6.45, 7) is 0.0554. The number of aliphatic carboxylic acids is 1. The van der Waals surface area contributed by atoms with E-state index in [9.17, 15) is 18.8 Å². The molecule has 0 bridgehead atoms. The van der Waals surface area contributed by atoms with Crippen molar-refractivity contribution >= 4 is 29.3 Å². The molecule has 0 fully saturated rings. The number of nitrogens with zero attached hydrogens (tertiary/aromatic N) is 1. The molecule has 0 saturated carbocycles. The van der Waals surface area contributed by atoms with E-state index in [4.69, 9.17) is 16.7 Å². The second-order valence-corrected chi connectivity index (χ2v) is 4.31. The van der Waals surface area contributed by atoms with Gasteiger partial charge in [0, 0.05) is 13.6 Å². The minimum atomic E-state index is -1.65. The normalized spacial score (nSPS) is 10.1. The minimum absolute atomic E-state index is 0.0289. The predicted molar refractivity (Wildman–Crippen MR) is 65.1 cm³/mol. The third-order valence-electron chi connectivity index (χ3n) is 2.38. The molecule has 1 aromatic rings. The lowest BCUT2D eigenvalue weighted by molar-refractivity contribution is -0.151. The molecule has 19 heavy (non-hydrogen) atoms. The fourth-order valence-corrected chi connectivity index (χ4v) is 1.47. The first-order chi connectivity index (χ1) is 8.81. The molecule has 7 heteroatoms. The summed E-state index contributed by atoms with van der Waals surface area (Å²) >= 11 is 5.52. The number of carboxylic acid groups (broad SMARTS) is 1. The van der Waals surface area contributed by atoms with Gasteiger partial charge >= 0.3 is 5.97 Å². The van der Waals surface area contributed by atoms with Gasteiger partial charge < -0.3 is 10.0 Å². The van der Waals surface area contributed by atoms with Crippen LogP contribution >= 0.6 is 11.6 Å². The van der Waals surface area contributed by atoms with Crippen LogP contribution in [-0.4, -0.2) is 34.7 Å². The Morgan fingerprint density at radius 1 is 1.37 bits per heavy atom. The SMILES string of the molecule is CN(Cc1ccc(Cl)c(F)c1)C(=O)CC(=O)C(=O)O. The fraction of sp³-hybridized carbons (Fsp3) is 0.250. The average molecular weight is 288 g/mol. The van der Waals surface area contributed by atoms with E-state index in [0.29, 0.717) is 5.56 Å². The van der Waals surface area contributed by atoms with Crippen molar-refractivity contribution in [2.75, 3.05) is 7.05 Å². The lowest BCUT2D eigenvalue weighted by Crippen LogP contribution is -2.30. The van der Waals surface area contributed by atoms with Gasteiger partial charge in [-0.3, -0.25) is 9.59 Å². The number of Topliss-reactive ketones (excluding diaryl/α,β-unsaturated/α-hetero) is 1. The molecule has 0 aliphatic carbocycles. The lowest BCUT2D eigenvalue weighted by atomic mass is 10.2. The molecule has 0 aromatic heterocycles. The maximum Gasteiger partial charge on any atom is 0.372 e. The smallest absolute Gasteiger partial charge is 0.372 e. The molecule has 0 saturated heterocycles. The number of amides is 1. The van der Waals surface area contributed by atoms with Gasteiger partial charge in [-0.2, -0.15) is 0 Å². The summed E-state index contributed by atoms with van der Waals surface area (Å²) in [5.41, 5.74) is 0.487. The summed E-state index contributed by atoms with van der Waals surface area (Å²) in [5.74, 6) is -4.09. The van der Waals surface area contributed by atoms with Gasteiger partial charge in [0.15, 0.2) is 0 Å². The van der Waals surface area contributed by atoms with Crippen LogP contribution in [0.5, 0.6) is 0 Å². The highest BCUT2D eigenvalue weighted by Crippen LogP contribution is 2.16. The van der Waals surface area contributed by atoms with Gasteiger partial charge in [-0.1, -0.05) is 17.7 Å². The third kappa shape index (κ3) is 4.33. The van der Waals surface area contributed by atoms with Crippen LogP contribution in [0.4, 0.5) is 4.39 Å². The van der Waals surface area contributed by atoms with Crippen molar-refractivity contribution in [3.05, 3.63) is 34.6 Å². The Hall–Kier alpha value is -1.95. The summed E-state index contributed by atoms with van der Waals surface area (Å²) in [6, 6.07) is 4.06. The molecule has 0 unspecified atom stereocenters. The number of rotatable bonds is 5. The maximum absolute atomic E-state index is 13.2. The van der Waals surface area contributed by atoms with Gasteiger partial charge in [-0.05, 0) is 17.7 Å².